The van der Waals surface area contributed by atoms with E-state index in [1.807, 2.05) is 24.3 Å². The van der Waals surface area contributed by atoms with Crippen molar-refractivity contribution in [2.75, 3.05) is 13.7 Å². The van der Waals surface area contributed by atoms with Crippen LogP contribution in [0.2, 0.25) is 0 Å². The standard InChI is InChI=1S/C16H20N2O4/c1-17-13(10-15(19)18(2)16(17)20)11-22-14-6-4-12(5-7-14)8-9-21-3/h4-7,10H,8-9,11H2,1-3H3. The van der Waals surface area contributed by atoms with E-state index < -0.39 is 0 Å². The maximum absolute atomic E-state index is 11.8. The SMILES string of the molecule is COCCc1ccc(OCc2cc(=O)n(C)c(=O)n2C)cc1. The first-order chi connectivity index (χ1) is 10.5. The third-order valence-electron chi connectivity index (χ3n) is 3.53. The zero-order valence-electron chi connectivity index (χ0n) is 13.0. The Bertz CT molecular complexity index is 744. The van der Waals surface area contributed by atoms with Crippen molar-refractivity contribution in [1.29, 1.82) is 0 Å². The van der Waals surface area contributed by atoms with Gasteiger partial charge in [-0.1, -0.05) is 12.1 Å². The minimum absolute atomic E-state index is 0.166. The van der Waals surface area contributed by atoms with E-state index in [-0.39, 0.29) is 17.9 Å². The summed E-state index contributed by atoms with van der Waals surface area (Å²) in [6, 6.07) is 9.08. The molecule has 1 aromatic carbocycles. The lowest BCUT2D eigenvalue weighted by Gasteiger charge is -2.11. The Balaban J connectivity index is 2.07. The van der Waals surface area contributed by atoms with Gasteiger partial charge in [-0.2, -0.15) is 0 Å². The highest BCUT2D eigenvalue weighted by atomic mass is 16.5. The fourth-order valence-electron chi connectivity index (χ4n) is 2.05. The monoisotopic (exact) mass is 304 g/mol. The van der Waals surface area contributed by atoms with E-state index in [9.17, 15) is 9.59 Å². The molecular weight excluding hydrogens is 284 g/mol. The van der Waals surface area contributed by atoms with Crippen LogP contribution >= 0.6 is 0 Å². The molecule has 0 saturated carbocycles. The second kappa shape index (κ2) is 7.09. The van der Waals surface area contributed by atoms with Gasteiger partial charge in [0.05, 0.1) is 12.3 Å². The van der Waals surface area contributed by atoms with E-state index in [4.69, 9.17) is 9.47 Å². The van der Waals surface area contributed by atoms with E-state index in [1.54, 1.807) is 14.2 Å². The molecule has 2 aromatic rings. The Kier molecular flexibility index (Phi) is 5.16. The van der Waals surface area contributed by atoms with Crippen LogP contribution < -0.4 is 16.0 Å². The van der Waals surface area contributed by atoms with Crippen LogP contribution in [0.5, 0.6) is 5.75 Å². The molecule has 0 spiro atoms. The van der Waals surface area contributed by atoms with Gasteiger partial charge in [0.2, 0.25) is 0 Å². The van der Waals surface area contributed by atoms with Crippen molar-refractivity contribution in [1.82, 2.24) is 9.13 Å². The number of aromatic nitrogens is 2. The lowest BCUT2D eigenvalue weighted by atomic mass is 10.1. The van der Waals surface area contributed by atoms with Crippen LogP contribution in [0.3, 0.4) is 0 Å². The summed E-state index contributed by atoms with van der Waals surface area (Å²) in [5.41, 5.74) is 1.00. The van der Waals surface area contributed by atoms with E-state index >= 15 is 0 Å². The Morgan fingerprint density at radius 3 is 2.36 bits per heavy atom. The van der Waals surface area contributed by atoms with Crippen LogP contribution in [-0.2, 0) is 31.9 Å². The molecule has 0 amide bonds. The number of benzene rings is 1. The molecule has 0 radical (unpaired) electrons. The summed E-state index contributed by atoms with van der Waals surface area (Å²) in [5.74, 6) is 0.689. The van der Waals surface area contributed by atoms with Crippen molar-refractivity contribution in [3.63, 3.8) is 0 Å². The molecule has 1 aromatic heterocycles. The van der Waals surface area contributed by atoms with Gasteiger partial charge in [0.15, 0.2) is 0 Å². The average Bonchev–Trinajstić information content (AvgIpc) is 2.54. The molecule has 0 unspecified atom stereocenters. The summed E-state index contributed by atoms with van der Waals surface area (Å²) in [7, 11) is 4.74. The zero-order chi connectivity index (χ0) is 16.1. The van der Waals surface area contributed by atoms with Gasteiger partial charge in [-0.15, -0.1) is 0 Å². The Morgan fingerprint density at radius 2 is 1.73 bits per heavy atom. The first-order valence-corrected chi connectivity index (χ1v) is 6.99. The smallest absolute Gasteiger partial charge is 0.330 e. The lowest BCUT2D eigenvalue weighted by molar-refractivity contribution is 0.202. The summed E-state index contributed by atoms with van der Waals surface area (Å²) in [6.45, 7) is 0.842. The Morgan fingerprint density at radius 1 is 1.05 bits per heavy atom. The van der Waals surface area contributed by atoms with E-state index in [1.165, 1.54) is 17.7 Å². The summed E-state index contributed by atoms with van der Waals surface area (Å²) in [6.07, 6.45) is 0.847. The van der Waals surface area contributed by atoms with Crippen molar-refractivity contribution in [2.24, 2.45) is 14.1 Å². The van der Waals surface area contributed by atoms with Gasteiger partial charge in [0, 0.05) is 27.3 Å². The first kappa shape index (κ1) is 16.0. The molecule has 22 heavy (non-hydrogen) atoms. The largest absolute Gasteiger partial charge is 0.487 e. The summed E-state index contributed by atoms with van der Waals surface area (Å²) >= 11 is 0. The lowest BCUT2D eigenvalue weighted by Crippen LogP contribution is -2.38. The molecule has 0 atom stereocenters. The van der Waals surface area contributed by atoms with Crippen molar-refractivity contribution in [3.8, 4) is 5.75 Å². The molecule has 0 N–H and O–H groups in total. The fraction of sp³-hybridized carbons (Fsp3) is 0.375. The van der Waals surface area contributed by atoms with Crippen LogP contribution in [0.25, 0.3) is 0 Å². The molecule has 6 heteroatoms. The zero-order valence-corrected chi connectivity index (χ0v) is 13.0. The number of methoxy groups -OCH3 is 1. The average molecular weight is 304 g/mol. The van der Waals surface area contributed by atoms with E-state index in [2.05, 4.69) is 0 Å². The molecule has 0 aliphatic carbocycles. The molecule has 0 bridgehead atoms. The number of nitrogens with zero attached hydrogens (tertiary/aromatic N) is 2. The highest BCUT2D eigenvalue weighted by Crippen LogP contribution is 2.14. The van der Waals surface area contributed by atoms with Crippen LogP contribution in [0.4, 0.5) is 0 Å². The maximum Gasteiger partial charge on any atom is 0.330 e. The summed E-state index contributed by atoms with van der Waals surface area (Å²) < 4.78 is 13.1. The quantitative estimate of drug-likeness (QED) is 0.794. The summed E-state index contributed by atoms with van der Waals surface area (Å²) in [4.78, 5) is 23.5. The highest BCUT2D eigenvalue weighted by Gasteiger charge is 2.06. The molecular formula is C16H20N2O4. The minimum Gasteiger partial charge on any atom is -0.487 e. The number of hydrogen-bond acceptors (Lipinski definition) is 4. The highest BCUT2D eigenvalue weighted by molar-refractivity contribution is 5.27. The van der Waals surface area contributed by atoms with Crippen LogP contribution in [-0.4, -0.2) is 22.9 Å². The summed E-state index contributed by atoms with van der Waals surface area (Å²) in [5, 5.41) is 0. The molecule has 0 aliphatic heterocycles. The molecule has 2 rings (SSSR count). The first-order valence-electron chi connectivity index (χ1n) is 6.99. The van der Waals surface area contributed by atoms with Gasteiger partial charge in [-0.3, -0.25) is 13.9 Å². The molecule has 6 nitrogen and oxygen atoms in total. The number of hydrogen-bond donors (Lipinski definition) is 0. The molecule has 0 fully saturated rings. The van der Waals surface area contributed by atoms with Crippen molar-refractivity contribution in [3.05, 3.63) is 62.4 Å². The predicted molar refractivity (Wildman–Crippen MR) is 83.3 cm³/mol. The van der Waals surface area contributed by atoms with Crippen molar-refractivity contribution < 1.29 is 9.47 Å². The Labute approximate surface area is 128 Å². The minimum atomic E-state index is -0.360. The van der Waals surface area contributed by atoms with Gasteiger partial charge in [-0.05, 0) is 24.1 Å². The van der Waals surface area contributed by atoms with Crippen molar-refractivity contribution >= 4 is 0 Å². The van der Waals surface area contributed by atoms with Gasteiger partial charge >= 0.3 is 5.69 Å². The topological polar surface area (TPSA) is 62.5 Å². The molecule has 0 saturated heterocycles. The third-order valence-corrected chi connectivity index (χ3v) is 3.53. The normalized spacial score (nSPS) is 10.7. The second-order valence-electron chi connectivity index (χ2n) is 5.05. The second-order valence-corrected chi connectivity index (χ2v) is 5.05. The van der Waals surface area contributed by atoms with Crippen molar-refractivity contribution in [2.45, 2.75) is 13.0 Å². The van der Waals surface area contributed by atoms with E-state index in [0.29, 0.717) is 18.1 Å². The number of rotatable bonds is 6. The molecule has 118 valence electrons. The third kappa shape index (κ3) is 3.65. The van der Waals surface area contributed by atoms with Gasteiger partial charge in [0.1, 0.15) is 12.4 Å². The van der Waals surface area contributed by atoms with E-state index in [0.717, 1.165) is 16.6 Å². The predicted octanol–water partition coefficient (Wildman–Crippen LogP) is 0.852. The van der Waals surface area contributed by atoms with Crippen LogP contribution in [0.1, 0.15) is 11.3 Å². The van der Waals surface area contributed by atoms with Crippen LogP contribution in [0, 0.1) is 0 Å². The maximum atomic E-state index is 11.8. The van der Waals surface area contributed by atoms with Gasteiger partial charge in [-0.25, -0.2) is 4.79 Å². The van der Waals surface area contributed by atoms with Crippen LogP contribution in [0.15, 0.2) is 39.9 Å². The fourth-order valence-corrected chi connectivity index (χ4v) is 2.05. The molecule has 0 aliphatic rings. The van der Waals surface area contributed by atoms with Gasteiger partial charge in [0.25, 0.3) is 5.56 Å². The number of ether oxygens (including phenoxy) is 2. The Hall–Kier alpha value is -2.34. The van der Waals surface area contributed by atoms with Gasteiger partial charge < -0.3 is 9.47 Å². The molecule has 1 heterocycles.